The van der Waals surface area contributed by atoms with E-state index in [2.05, 4.69) is 36.5 Å². The Morgan fingerprint density at radius 2 is 1.64 bits per heavy atom. The first-order valence-corrected chi connectivity index (χ1v) is 14.2. The molecule has 0 saturated heterocycles. The summed E-state index contributed by atoms with van der Waals surface area (Å²) in [6, 6.07) is 18.3. The highest BCUT2D eigenvalue weighted by Gasteiger charge is 2.60. The maximum atomic E-state index is 13.5. The Labute approximate surface area is 198 Å². The molecule has 4 aliphatic rings. The quantitative estimate of drug-likeness (QED) is 0.561. The van der Waals surface area contributed by atoms with Gasteiger partial charge in [-0.05, 0) is 80.2 Å². The van der Waals surface area contributed by atoms with Crippen LogP contribution < -0.4 is 5.32 Å². The Morgan fingerprint density at radius 1 is 0.970 bits per heavy atom. The lowest BCUT2D eigenvalue weighted by Gasteiger charge is -2.61. The van der Waals surface area contributed by atoms with E-state index in [-0.39, 0.29) is 28.2 Å². The maximum absolute atomic E-state index is 13.5. The van der Waals surface area contributed by atoms with Crippen molar-refractivity contribution in [1.29, 1.82) is 0 Å². The standard InChI is InChI=1S/C28H35NO3S/c1-21-8-10-25(11-9-21)27-15-23-14-24(16-27)18-28(17-23,20-27)26(30)29-12-5-13-33(31,32)19-22-6-3-2-4-7-22/h2-4,6-11,23-24H,5,12-20H2,1H3,(H,29,30). The molecule has 1 N–H and O–H groups in total. The average molecular weight is 466 g/mol. The number of rotatable bonds is 8. The monoisotopic (exact) mass is 465 g/mol. The molecule has 0 aromatic heterocycles. The maximum Gasteiger partial charge on any atom is 0.226 e. The predicted molar refractivity (Wildman–Crippen MR) is 132 cm³/mol. The van der Waals surface area contributed by atoms with Crippen LogP contribution in [0.2, 0.25) is 0 Å². The summed E-state index contributed by atoms with van der Waals surface area (Å²) < 4.78 is 25.0. The molecular formula is C28H35NO3S. The molecule has 1 amide bonds. The fourth-order valence-electron chi connectivity index (χ4n) is 7.35. The molecule has 2 unspecified atom stereocenters. The highest BCUT2D eigenvalue weighted by molar-refractivity contribution is 7.90. The predicted octanol–water partition coefficient (Wildman–Crippen LogP) is 4.95. The molecule has 4 fully saturated rings. The van der Waals surface area contributed by atoms with Gasteiger partial charge in [0.2, 0.25) is 5.91 Å². The van der Waals surface area contributed by atoms with Gasteiger partial charge in [-0.2, -0.15) is 0 Å². The minimum absolute atomic E-state index is 0.0636. The van der Waals surface area contributed by atoms with Crippen molar-refractivity contribution in [2.45, 2.75) is 63.0 Å². The van der Waals surface area contributed by atoms with E-state index in [1.807, 2.05) is 30.3 Å². The summed E-state index contributed by atoms with van der Waals surface area (Å²) in [5.41, 5.74) is 3.35. The topological polar surface area (TPSA) is 63.2 Å². The summed E-state index contributed by atoms with van der Waals surface area (Å²) in [4.78, 5) is 13.5. The summed E-state index contributed by atoms with van der Waals surface area (Å²) in [5.74, 6) is 1.59. The molecule has 0 spiro atoms. The second-order valence-electron chi connectivity index (χ2n) is 11.1. The van der Waals surface area contributed by atoms with E-state index >= 15 is 0 Å². The lowest BCUT2D eigenvalue weighted by atomic mass is 9.42. The van der Waals surface area contributed by atoms with Crippen molar-refractivity contribution in [1.82, 2.24) is 5.32 Å². The molecule has 176 valence electrons. The summed E-state index contributed by atoms with van der Waals surface area (Å²) in [6.45, 7) is 2.56. The first-order valence-electron chi connectivity index (χ1n) is 12.4. The van der Waals surface area contributed by atoms with Crippen molar-refractivity contribution >= 4 is 15.7 Å². The molecule has 0 heterocycles. The van der Waals surface area contributed by atoms with Crippen molar-refractivity contribution in [2.75, 3.05) is 12.3 Å². The summed E-state index contributed by atoms with van der Waals surface area (Å²) in [7, 11) is -3.18. The number of benzene rings is 2. The van der Waals surface area contributed by atoms with Crippen LogP contribution in [0.15, 0.2) is 54.6 Å². The summed E-state index contributed by atoms with van der Waals surface area (Å²) in [5, 5.41) is 3.15. The van der Waals surface area contributed by atoms with Gasteiger partial charge >= 0.3 is 0 Å². The molecule has 4 nitrogen and oxygen atoms in total. The number of carbonyl (C=O) groups is 1. The fourth-order valence-corrected chi connectivity index (χ4v) is 8.78. The van der Waals surface area contributed by atoms with E-state index < -0.39 is 9.84 Å². The van der Waals surface area contributed by atoms with E-state index in [1.54, 1.807) is 0 Å². The number of aryl methyl sites for hydroxylation is 1. The van der Waals surface area contributed by atoms with Gasteiger partial charge in [0.25, 0.3) is 0 Å². The minimum atomic E-state index is -3.18. The molecule has 33 heavy (non-hydrogen) atoms. The molecule has 0 radical (unpaired) electrons. The minimum Gasteiger partial charge on any atom is -0.356 e. The van der Waals surface area contributed by atoms with Crippen molar-refractivity contribution < 1.29 is 13.2 Å². The number of amides is 1. The van der Waals surface area contributed by atoms with E-state index in [0.29, 0.717) is 24.8 Å². The Morgan fingerprint density at radius 3 is 2.30 bits per heavy atom. The SMILES string of the molecule is Cc1ccc(C23CC4CC(CC(C(=O)NCCCS(=O)(=O)Cc5ccccc5)(C4)C2)C3)cc1. The molecule has 2 atom stereocenters. The molecule has 6 rings (SSSR count). The lowest BCUT2D eigenvalue weighted by Crippen LogP contribution is -2.59. The zero-order valence-electron chi connectivity index (χ0n) is 19.6. The normalized spacial score (nSPS) is 30.3. The zero-order valence-corrected chi connectivity index (χ0v) is 20.4. The van der Waals surface area contributed by atoms with Crippen LogP contribution in [0.5, 0.6) is 0 Å². The Kier molecular flexibility index (Phi) is 5.88. The Balaban J connectivity index is 1.21. The van der Waals surface area contributed by atoms with Crippen LogP contribution in [0.25, 0.3) is 0 Å². The van der Waals surface area contributed by atoms with Gasteiger partial charge in [0.05, 0.1) is 16.9 Å². The second-order valence-corrected chi connectivity index (χ2v) is 13.3. The van der Waals surface area contributed by atoms with E-state index in [1.165, 1.54) is 30.4 Å². The van der Waals surface area contributed by atoms with E-state index in [9.17, 15) is 13.2 Å². The van der Waals surface area contributed by atoms with Crippen LogP contribution in [0.3, 0.4) is 0 Å². The summed E-state index contributed by atoms with van der Waals surface area (Å²) >= 11 is 0. The highest BCUT2D eigenvalue weighted by Crippen LogP contribution is 2.65. The first-order chi connectivity index (χ1) is 15.8. The number of carbonyl (C=O) groups excluding carboxylic acids is 1. The third-order valence-electron chi connectivity index (χ3n) is 8.35. The molecule has 2 aromatic carbocycles. The lowest BCUT2D eigenvalue weighted by molar-refractivity contribution is -0.149. The van der Waals surface area contributed by atoms with Crippen molar-refractivity contribution in [3.63, 3.8) is 0 Å². The van der Waals surface area contributed by atoms with Crippen LogP contribution in [-0.4, -0.2) is 26.6 Å². The molecular weight excluding hydrogens is 430 g/mol. The van der Waals surface area contributed by atoms with Crippen LogP contribution in [-0.2, 0) is 25.8 Å². The largest absolute Gasteiger partial charge is 0.356 e. The van der Waals surface area contributed by atoms with Crippen molar-refractivity contribution in [2.24, 2.45) is 17.3 Å². The zero-order chi connectivity index (χ0) is 23.1. The molecule has 5 heteroatoms. The summed E-state index contributed by atoms with van der Waals surface area (Å²) in [6.07, 6.45) is 7.07. The fraction of sp³-hybridized carbons (Fsp3) is 0.536. The van der Waals surface area contributed by atoms with Gasteiger partial charge in [-0.3, -0.25) is 4.79 Å². The molecule has 4 saturated carbocycles. The van der Waals surface area contributed by atoms with Gasteiger partial charge in [-0.15, -0.1) is 0 Å². The van der Waals surface area contributed by atoms with Crippen LogP contribution in [0, 0.1) is 24.2 Å². The third-order valence-corrected chi connectivity index (χ3v) is 10.0. The van der Waals surface area contributed by atoms with Crippen LogP contribution >= 0.6 is 0 Å². The van der Waals surface area contributed by atoms with Gasteiger partial charge in [0, 0.05) is 6.54 Å². The first kappa shape index (κ1) is 22.6. The van der Waals surface area contributed by atoms with Gasteiger partial charge in [-0.25, -0.2) is 8.42 Å². The number of sulfone groups is 1. The van der Waals surface area contributed by atoms with E-state index in [4.69, 9.17) is 0 Å². The van der Waals surface area contributed by atoms with E-state index in [0.717, 1.165) is 24.8 Å². The Bertz CT molecular complexity index is 1090. The van der Waals surface area contributed by atoms with Gasteiger partial charge in [-0.1, -0.05) is 60.2 Å². The Hall–Kier alpha value is -2.14. The third kappa shape index (κ3) is 4.62. The van der Waals surface area contributed by atoms with Crippen LogP contribution in [0.4, 0.5) is 0 Å². The molecule has 4 bridgehead atoms. The van der Waals surface area contributed by atoms with Gasteiger partial charge in [0.1, 0.15) is 0 Å². The van der Waals surface area contributed by atoms with Crippen molar-refractivity contribution in [3.05, 3.63) is 71.3 Å². The molecule has 4 aliphatic carbocycles. The highest BCUT2D eigenvalue weighted by atomic mass is 32.2. The number of hydrogen-bond donors (Lipinski definition) is 1. The van der Waals surface area contributed by atoms with Gasteiger partial charge < -0.3 is 5.32 Å². The van der Waals surface area contributed by atoms with Crippen molar-refractivity contribution in [3.8, 4) is 0 Å². The second kappa shape index (κ2) is 8.57. The average Bonchev–Trinajstić information content (AvgIpc) is 2.76. The molecule has 0 aliphatic heterocycles. The van der Waals surface area contributed by atoms with Crippen LogP contribution in [0.1, 0.15) is 61.6 Å². The number of hydrogen-bond acceptors (Lipinski definition) is 3. The molecule has 2 aromatic rings. The number of nitrogens with one attached hydrogen (secondary N) is 1. The smallest absolute Gasteiger partial charge is 0.226 e. The van der Waals surface area contributed by atoms with Gasteiger partial charge in [0.15, 0.2) is 9.84 Å².